The Hall–Kier alpha value is -2.13. The van der Waals surface area contributed by atoms with Crippen LogP contribution in [-0.2, 0) is 22.5 Å². The summed E-state index contributed by atoms with van der Waals surface area (Å²) in [4.78, 5) is 27.6. The first kappa shape index (κ1) is 14.3. The van der Waals surface area contributed by atoms with Crippen molar-refractivity contribution in [2.75, 3.05) is 11.4 Å². The third-order valence-electron chi connectivity index (χ3n) is 3.05. The number of hydrogen-bond donors (Lipinski definition) is 0. The molecule has 0 fully saturated rings. The number of nitrogens with zero attached hydrogens (tertiary/aromatic N) is 2. The molecule has 20 heavy (non-hydrogen) atoms. The van der Waals surface area contributed by atoms with Gasteiger partial charge in [0.15, 0.2) is 0 Å². The first-order chi connectivity index (χ1) is 9.42. The van der Waals surface area contributed by atoms with Crippen LogP contribution in [-0.4, -0.2) is 24.3 Å². The Morgan fingerprint density at radius 3 is 2.85 bits per heavy atom. The van der Waals surface area contributed by atoms with Gasteiger partial charge in [-0.3, -0.25) is 4.90 Å². The highest BCUT2D eigenvalue weighted by Crippen LogP contribution is 2.32. The summed E-state index contributed by atoms with van der Waals surface area (Å²) in [5.41, 5.74) is 2.34. The Kier molecular flexibility index (Phi) is 3.91. The molecule has 0 aliphatic carbocycles. The lowest BCUT2D eigenvalue weighted by Crippen LogP contribution is -2.35. The number of ether oxygens (including phenoxy) is 1. The third kappa shape index (κ3) is 3.06. The molecular formula is C15H18N2O3. The number of carbonyl (C=O) groups is 1. The second kappa shape index (κ2) is 5.47. The van der Waals surface area contributed by atoms with E-state index in [-0.39, 0.29) is 6.09 Å². The highest BCUT2D eigenvalue weighted by molar-refractivity contribution is 5.90. The van der Waals surface area contributed by atoms with Crippen molar-refractivity contribution < 1.29 is 14.3 Å². The first-order valence-corrected chi connectivity index (χ1v) is 6.57. The fraction of sp³-hybridized carbons (Fsp3) is 0.467. The summed E-state index contributed by atoms with van der Waals surface area (Å²) in [7, 11) is 0. The van der Waals surface area contributed by atoms with Crippen LogP contribution in [0.1, 0.15) is 31.9 Å². The molecule has 1 heterocycles. The third-order valence-corrected chi connectivity index (χ3v) is 3.05. The van der Waals surface area contributed by atoms with Crippen LogP contribution >= 0.6 is 0 Å². The molecule has 106 valence electrons. The number of rotatable bonds is 2. The highest BCUT2D eigenvalue weighted by Gasteiger charge is 2.29. The SMILES string of the molecule is CC(C)(C)OC(=O)N1CCc2c(CN=C=O)cccc21. The van der Waals surface area contributed by atoms with Crippen LogP contribution < -0.4 is 4.90 Å². The summed E-state index contributed by atoms with van der Waals surface area (Å²) in [5, 5.41) is 0. The lowest BCUT2D eigenvalue weighted by molar-refractivity contribution is 0.0584. The highest BCUT2D eigenvalue weighted by atomic mass is 16.6. The Balaban J connectivity index is 2.25. The second-order valence-electron chi connectivity index (χ2n) is 5.70. The maximum Gasteiger partial charge on any atom is 0.414 e. The van der Waals surface area contributed by atoms with Gasteiger partial charge in [0.25, 0.3) is 0 Å². The number of anilines is 1. The molecule has 1 aliphatic heterocycles. The molecule has 0 atom stereocenters. The zero-order chi connectivity index (χ0) is 14.8. The van der Waals surface area contributed by atoms with Gasteiger partial charge in [-0.15, -0.1) is 0 Å². The predicted octanol–water partition coefficient (Wildman–Crippen LogP) is 2.82. The summed E-state index contributed by atoms with van der Waals surface area (Å²) >= 11 is 0. The minimum atomic E-state index is -0.515. The van der Waals surface area contributed by atoms with Gasteiger partial charge in [-0.2, -0.15) is 0 Å². The van der Waals surface area contributed by atoms with Gasteiger partial charge in [0.1, 0.15) is 5.60 Å². The molecule has 1 aliphatic rings. The zero-order valence-corrected chi connectivity index (χ0v) is 12.0. The van der Waals surface area contributed by atoms with Crippen molar-refractivity contribution in [3.05, 3.63) is 29.3 Å². The van der Waals surface area contributed by atoms with E-state index in [4.69, 9.17) is 4.74 Å². The molecule has 0 radical (unpaired) electrons. The fourth-order valence-electron chi connectivity index (χ4n) is 2.28. The Morgan fingerprint density at radius 2 is 2.20 bits per heavy atom. The van der Waals surface area contributed by atoms with Gasteiger partial charge in [0.05, 0.1) is 12.2 Å². The van der Waals surface area contributed by atoms with Crippen molar-refractivity contribution in [2.45, 2.75) is 39.3 Å². The number of fused-ring (bicyclic) bond motifs is 1. The van der Waals surface area contributed by atoms with Crippen LogP contribution in [0.25, 0.3) is 0 Å². The quantitative estimate of drug-likeness (QED) is 0.615. The van der Waals surface area contributed by atoms with Crippen LogP contribution in [0.15, 0.2) is 23.2 Å². The molecule has 0 unspecified atom stereocenters. The Morgan fingerprint density at radius 1 is 1.45 bits per heavy atom. The molecule has 0 spiro atoms. The van der Waals surface area contributed by atoms with E-state index in [0.29, 0.717) is 13.1 Å². The van der Waals surface area contributed by atoms with Crippen LogP contribution in [0.2, 0.25) is 0 Å². The summed E-state index contributed by atoms with van der Waals surface area (Å²) in [6.07, 6.45) is 1.95. The van der Waals surface area contributed by atoms with E-state index in [9.17, 15) is 9.59 Å². The number of hydrogen-bond acceptors (Lipinski definition) is 4. The lowest BCUT2D eigenvalue weighted by atomic mass is 10.1. The molecule has 1 amide bonds. The van der Waals surface area contributed by atoms with Crippen molar-refractivity contribution in [3.63, 3.8) is 0 Å². The van der Waals surface area contributed by atoms with Crippen molar-refractivity contribution >= 4 is 17.9 Å². The Labute approximate surface area is 118 Å². The van der Waals surface area contributed by atoms with Crippen LogP contribution in [0.4, 0.5) is 10.5 Å². The molecule has 5 nitrogen and oxygen atoms in total. The van der Waals surface area contributed by atoms with E-state index in [1.165, 1.54) is 0 Å². The lowest BCUT2D eigenvalue weighted by Gasteiger charge is -2.24. The largest absolute Gasteiger partial charge is 0.443 e. The van der Waals surface area contributed by atoms with Gasteiger partial charge in [-0.05, 0) is 44.4 Å². The van der Waals surface area contributed by atoms with E-state index < -0.39 is 5.60 Å². The van der Waals surface area contributed by atoms with Crippen molar-refractivity contribution in [1.29, 1.82) is 0 Å². The van der Waals surface area contributed by atoms with Gasteiger partial charge in [-0.1, -0.05) is 12.1 Å². The van der Waals surface area contributed by atoms with Crippen LogP contribution in [0, 0.1) is 0 Å². The summed E-state index contributed by atoms with van der Waals surface area (Å²) < 4.78 is 5.40. The Bertz CT molecular complexity index is 569. The maximum atomic E-state index is 12.2. The van der Waals surface area contributed by atoms with Crippen LogP contribution in [0.3, 0.4) is 0 Å². The van der Waals surface area contributed by atoms with E-state index in [1.54, 1.807) is 11.0 Å². The monoisotopic (exact) mass is 274 g/mol. The minimum absolute atomic E-state index is 0.300. The van der Waals surface area contributed by atoms with Gasteiger partial charge in [0, 0.05) is 6.54 Å². The molecule has 1 aromatic rings. The average molecular weight is 274 g/mol. The minimum Gasteiger partial charge on any atom is -0.443 e. The molecule has 0 bridgehead atoms. The van der Waals surface area contributed by atoms with Gasteiger partial charge in [0.2, 0.25) is 6.08 Å². The maximum absolute atomic E-state index is 12.2. The topological polar surface area (TPSA) is 59.0 Å². The van der Waals surface area contributed by atoms with E-state index in [2.05, 4.69) is 4.99 Å². The van der Waals surface area contributed by atoms with Gasteiger partial charge >= 0.3 is 6.09 Å². The molecule has 0 aromatic heterocycles. The molecule has 2 rings (SSSR count). The normalized spacial score (nSPS) is 13.7. The molecule has 0 saturated carbocycles. The second-order valence-corrected chi connectivity index (χ2v) is 5.70. The fourth-order valence-corrected chi connectivity index (χ4v) is 2.28. The summed E-state index contributed by atoms with van der Waals surface area (Å²) in [6, 6.07) is 5.66. The van der Waals surface area contributed by atoms with Crippen molar-refractivity contribution in [2.24, 2.45) is 4.99 Å². The predicted molar refractivity (Wildman–Crippen MR) is 75.6 cm³/mol. The number of carbonyl (C=O) groups excluding carboxylic acids is 2. The average Bonchev–Trinajstić information content (AvgIpc) is 2.78. The number of aliphatic imine (C=N–C) groups is 1. The van der Waals surface area contributed by atoms with Crippen molar-refractivity contribution in [3.8, 4) is 0 Å². The molecule has 0 saturated heterocycles. The van der Waals surface area contributed by atoms with E-state index >= 15 is 0 Å². The first-order valence-electron chi connectivity index (χ1n) is 6.57. The number of isocyanates is 1. The molecule has 0 N–H and O–H groups in total. The molecular weight excluding hydrogens is 256 g/mol. The number of benzene rings is 1. The van der Waals surface area contributed by atoms with Crippen LogP contribution in [0.5, 0.6) is 0 Å². The van der Waals surface area contributed by atoms with Crippen molar-refractivity contribution in [1.82, 2.24) is 0 Å². The standard InChI is InChI=1S/C15H18N2O3/c1-15(2,3)20-14(19)17-8-7-12-11(9-16-10-18)5-4-6-13(12)17/h4-6H,7-9H2,1-3H3. The molecule has 1 aromatic carbocycles. The van der Waals surface area contributed by atoms with E-state index in [1.807, 2.05) is 39.0 Å². The zero-order valence-electron chi connectivity index (χ0n) is 12.0. The van der Waals surface area contributed by atoms with E-state index in [0.717, 1.165) is 23.2 Å². The smallest absolute Gasteiger partial charge is 0.414 e. The summed E-state index contributed by atoms with van der Waals surface area (Å²) in [6.45, 7) is 6.42. The number of amides is 1. The van der Waals surface area contributed by atoms with Gasteiger partial charge < -0.3 is 4.74 Å². The summed E-state index contributed by atoms with van der Waals surface area (Å²) in [5.74, 6) is 0. The van der Waals surface area contributed by atoms with Gasteiger partial charge in [-0.25, -0.2) is 14.6 Å². The molecule has 5 heteroatoms.